The van der Waals surface area contributed by atoms with Gasteiger partial charge in [-0.2, -0.15) is 0 Å². The number of aromatic nitrogens is 1. The highest BCUT2D eigenvalue weighted by Gasteiger charge is 2.09. The van der Waals surface area contributed by atoms with E-state index >= 15 is 0 Å². The largest absolute Gasteiger partial charge is 0.344 e. The van der Waals surface area contributed by atoms with E-state index < -0.39 is 0 Å². The Morgan fingerprint density at radius 2 is 1.78 bits per heavy atom. The molecule has 0 unspecified atom stereocenters. The fraction of sp³-hybridized carbons (Fsp3) is 0.0625. The molecule has 2 aromatic carbocycles. The van der Waals surface area contributed by atoms with E-state index in [9.17, 15) is 4.79 Å². The molecule has 2 nitrogen and oxygen atoms in total. The lowest BCUT2D eigenvalue weighted by atomic mass is 10.1. The number of hydrogen-bond donors (Lipinski definition) is 0. The predicted molar refractivity (Wildman–Crippen MR) is 73.7 cm³/mol. The number of aryl methyl sites for hydroxylation is 1. The second kappa shape index (κ2) is 4.15. The summed E-state index contributed by atoms with van der Waals surface area (Å²) in [6, 6.07) is 18.1. The SMILES string of the molecule is Cn1c(-c2ccccc2)cc2c(C=O)cccc21. The molecule has 0 N–H and O–H groups in total. The summed E-state index contributed by atoms with van der Waals surface area (Å²) in [5.41, 5.74) is 4.11. The van der Waals surface area contributed by atoms with E-state index in [0.29, 0.717) is 0 Å². The van der Waals surface area contributed by atoms with Gasteiger partial charge in [-0.15, -0.1) is 0 Å². The molecular formula is C16H13NO. The average Bonchev–Trinajstić information content (AvgIpc) is 2.77. The van der Waals surface area contributed by atoms with E-state index in [1.807, 2.05) is 43.4 Å². The van der Waals surface area contributed by atoms with Crippen molar-refractivity contribution in [2.75, 3.05) is 0 Å². The number of carbonyl (C=O) groups is 1. The third kappa shape index (κ3) is 1.54. The van der Waals surface area contributed by atoms with Gasteiger partial charge in [0.25, 0.3) is 0 Å². The molecule has 0 saturated heterocycles. The van der Waals surface area contributed by atoms with Gasteiger partial charge in [0.05, 0.1) is 0 Å². The molecule has 0 aliphatic carbocycles. The number of rotatable bonds is 2. The van der Waals surface area contributed by atoms with Gasteiger partial charge in [0, 0.05) is 29.2 Å². The maximum absolute atomic E-state index is 11.1. The Bertz CT molecular complexity index is 711. The highest BCUT2D eigenvalue weighted by molar-refractivity contribution is 5.99. The fourth-order valence-corrected chi connectivity index (χ4v) is 2.37. The summed E-state index contributed by atoms with van der Waals surface area (Å²) in [6.45, 7) is 0. The first-order chi connectivity index (χ1) is 8.81. The number of hydrogen-bond acceptors (Lipinski definition) is 1. The first-order valence-electron chi connectivity index (χ1n) is 5.90. The molecular weight excluding hydrogens is 222 g/mol. The zero-order valence-corrected chi connectivity index (χ0v) is 10.1. The summed E-state index contributed by atoms with van der Waals surface area (Å²) in [5, 5.41) is 1.01. The predicted octanol–water partition coefficient (Wildman–Crippen LogP) is 3.66. The van der Waals surface area contributed by atoms with Crippen molar-refractivity contribution < 1.29 is 4.79 Å². The minimum Gasteiger partial charge on any atom is -0.344 e. The summed E-state index contributed by atoms with van der Waals surface area (Å²) in [4.78, 5) is 11.1. The molecule has 18 heavy (non-hydrogen) atoms. The van der Waals surface area contributed by atoms with E-state index in [1.165, 1.54) is 0 Å². The summed E-state index contributed by atoms with van der Waals surface area (Å²) in [6.07, 6.45) is 0.914. The zero-order chi connectivity index (χ0) is 12.5. The van der Waals surface area contributed by atoms with Crippen molar-refractivity contribution in [2.45, 2.75) is 0 Å². The van der Waals surface area contributed by atoms with Crippen LogP contribution < -0.4 is 0 Å². The molecule has 0 spiro atoms. The van der Waals surface area contributed by atoms with Crippen molar-refractivity contribution in [3.05, 3.63) is 60.2 Å². The van der Waals surface area contributed by atoms with Crippen molar-refractivity contribution in [3.63, 3.8) is 0 Å². The third-order valence-electron chi connectivity index (χ3n) is 3.32. The fourth-order valence-electron chi connectivity index (χ4n) is 2.37. The van der Waals surface area contributed by atoms with Gasteiger partial charge in [0.1, 0.15) is 0 Å². The number of nitrogens with zero attached hydrogens (tertiary/aromatic N) is 1. The molecule has 0 atom stereocenters. The van der Waals surface area contributed by atoms with Crippen LogP contribution in [0.4, 0.5) is 0 Å². The van der Waals surface area contributed by atoms with Crippen LogP contribution >= 0.6 is 0 Å². The molecule has 1 heterocycles. The van der Waals surface area contributed by atoms with Gasteiger partial charge < -0.3 is 4.57 Å². The van der Waals surface area contributed by atoms with Crippen LogP contribution in [-0.4, -0.2) is 10.9 Å². The van der Waals surface area contributed by atoms with Crippen LogP contribution in [0.25, 0.3) is 22.2 Å². The van der Waals surface area contributed by atoms with Crippen molar-refractivity contribution in [1.29, 1.82) is 0 Å². The summed E-state index contributed by atoms with van der Waals surface area (Å²) < 4.78 is 2.12. The highest BCUT2D eigenvalue weighted by Crippen LogP contribution is 2.28. The summed E-state index contributed by atoms with van der Waals surface area (Å²) >= 11 is 0. The van der Waals surface area contributed by atoms with Crippen molar-refractivity contribution in [1.82, 2.24) is 4.57 Å². The van der Waals surface area contributed by atoms with E-state index in [2.05, 4.69) is 22.8 Å². The van der Waals surface area contributed by atoms with Gasteiger partial charge in [0.2, 0.25) is 0 Å². The minimum atomic E-state index is 0.741. The minimum absolute atomic E-state index is 0.741. The summed E-state index contributed by atoms with van der Waals surface area (Å²) in [7, 11) is 2.03. The monoisotopic (exact) mass is 235 g/mol. The molecule has 0 saturated carbocycles. The van der Waals surface area contributed by atoms with Crippen LogP contribution in [0.3, 0.4) is 0 Å². The number of benzene rings is 2. The summed E-state index contributed by atoms with van der Waals surface area (Å²) in [5.74, 6) is 0. The van der Waals surface area contributed by atoms with Crippen molar-refractivity contribution in [3.8, 4) is 11.3 Å². The lowest BCUT2D eigenvalue weighted by Gasteiger charge is -2.03. The molecule has 88 valence electrons. The Kier molecular flexibility index (Phi) is 2.49. The van der Waals surface area contributed by atoms with Crippen molar-refractivity contribution >= 4 is 17.2 Å². The van der Waals surface area contributed by atoms with Crippen molar-refractivity contribution in [2.24, 2.45) is 7.05 Å². The van der Waals surface area contributed by atoms with Crippen LogP contribution in [0.15, 0.2) is 54.6 Å². The maximum atomic E-state index is 11.1. The molecule has 3 aromatic rings. The molecule has 3 rings (SSSR count). The van der Waals surface area contributed by atoms with Crippen LogP contribution in [-0.2, 0) is 7.05 Å². The second-order valence-corrected chi connectivity index (χ2v) is 4.35. The molecule has 0 aliphatic heterocycles. The maximum Gasteiger partial charge on any atom is 0.150 e. The molecule has 0 aliphatic rings. The average molecular weight is 235 g/mol. The van der Waals surface area contributed by atoms with Crippen LogP contribution in [0.5, 0.6) is 0 Å². The van der Waals surface area contributed by atoms with Crippen LogP contribution in [0.2, 0.25) is 0 Å². The first-order valence-corrected chi connectivity index (χ1v) is 5.90. The normalized spacial score (nSPS) is 10.7. The van der Waals surface area contributed by atoms with E-state index in [4.69, 9.17) is 0 Å². The third-order valence-corrected chi connectivity index (χ3v) is 3.32. The highest BCUT2D eigenvalue weighted by atomic mass is 16.1. The van der Waals surface area contributed by atoms with Gasteiger partial charge in [-0.3, -0.25) is 4.79 Å². The van der Waals surface area contributed by atoms with Gasteiger partial charge in [-0.05, 0) is 17.7 Å². The number of fused-ring (bicyclic) bond motifs is 1. The lowest BCUT2D eigenvalue weighted by molar-refractivity contribution is 0.112. The van der Waals surface area contributed by atoms with Crippen LogP contribution in [0.1, 0.15) is 10.4 Å². The second-order valence-electron chi connectivity index (χ2n) is 4.35. The number of carbonyl (C=O) groups excluding carboxylic acids is 1. The molecule has 0 radical (unpaired) electrons. The Labute approximate surface area is 105 Å². The molecule has 0 fully saturated rings. The number of aldehydes is 1. The Balaban J connectivity index is 2.33. The van der Waals surface area contributed by atoms with Crippen LogP contribution in [0, 0.1) is 0 Å². The first kappa shape index (κ1) is 10.8. The Morgan fingerprint density at radius 3 is 2.50 bits per heavy atom. The van der Waals surface area contributed by atoms with E-state index in [1.54, 1.807) is 0 Å². The molecule has 0 amide bonds. The smallest absolute Gasteiger partial charge is 0.150 e. The standard InChI is InChI=1S/C16H13NO/c1-17-15-9-5-8-13(11-18)14(15)10-16(17)12-6-3-2-4-7-12/h2-11H,1H3. The van der Waals surface area contributed by atoms with Gasteiger partial charge in [-0.25, -0.2) is 0 Å². The quantitative estimate of drug-likeness (QED) is 0.621. The Hall–Kier alpha value is -2.35. The molecule has 0 bridgehead atoms. The zero-order valence-electron chi connectivity index (χ0n) is 10.1. The van der Waals surface area contributed by atoms with Gasteiger partial charge in [-0.1, -0.05) is 42.5 Å². The van der Waals surface area contributed by atoms with Gasteiger partial charge >= 0.3 is 0 Å². The van der Waals surface area contributed by atoms with E-state index in [0.717, 1.165) is 34.0 Å². The lowest BCUT2D eigenvalue weighted by Crippen LogP contribution is -1.90. The van der Waals surface area contributed by atoms with Gasteiger partial charge in [0.15, 0.2) is 6.29 Å². The van der Waals surface area contributed by atoms with E-state index in [-0.39, 0.29) is 0 Å². The topological polar surface area (TPSA) is 22.0 Å². The Morgan fingerprint density at radius 1 is 1.00 bits per heavy atom. The molecule has 1 aromatic heterocycles. The molecule has 2 heteroatoms.